The van der Waals surface area contributed by atoms with Gasteiger partial charge in [0.05, 0.1) is 7.11 Å². The van der Waals surface area contributed by atoms with Crippen LogP contribution in [0.15, 0.2) is 30.3 Å². The van der Waals surface area contributed by atoms with Crippen molar-refractivity contribution in [1.29, 1.82) is 0 Å². The van der Waals surface area contributed by atoms with Crippen LogP contribution in [0.1, 0.15) is 18.4 Å². The van der Waals surface area contributed by atoms with Crippen LogP contribution in [0, 0.1) is 0 Å². The minimum absolute atomic E-state index is 0.0551. The Morgan fingerprint density at radius 3 is 2.48 bits per heavy atom. The molecule has 0 saturated carbocycles. The highest BCUT2D eigenvalue weighted by Gasteiger charge is 2.23. The van der Waals surface area contributed by atoms with Crippen molar-refractivity contribution in [2.75, 3.05) is 7.11 Å². The van der Waals surface area contributed by atoms with Crippen LogP contribution in [-0.4, -0.2) is 36.3 Å². The first-order chi connectivity index (χ1) is 10.0. The molecule has 0 bridgehead atoms. The van der Waals surface area contributed by atoms with E-state index >= 15 is 0 Å². The monoisotopic (exact) mass is 296 g/mol. The van der Waals surface area contributed by atoms with Crippen LogP contribution < -0.4 is 5.32 Å². The predicted molar refractivity (Wildman–Crippen MR) is 72.4 cm³/mol. The zero-order valence-electron chi connectivity index (χ0n) is 11.6. The summed E-state index contributed by atoms with van der Waals surface area (Å²) in [5.41, 5.74) is 0.799. The number of amides is 1. The number of hydrogen-bond donors (Lipinski definition) is 2. The molecule has 0 spiro atoms. The van der Waals surface area contributed by atoms with Gasteiger partial charge in [-0.25, -0.2) is 9.59 Å². The van der Waals surface area contributed by atoms with Crippen molar-refractivity contribution in [2.45, 2.75) is 25.5 Å². The third kappa shape index (κ3) is 6.42. The number of carboxylic acid groups (broad SMARTS) is 1. The molecule has 21 heavy (non-hydrogen) atoms. The first-order valence-electron chi connectivity index (χ1n) is 6.29. The number of carbonyl (C=O) groups is 3. The number of aliphatic carboxylic acids is 1. The third-order valence-electron chi connectivity index (χ3n) is 2.64. The fourth-order valence-corrected chi connectivity index (χ4v) is 1.57. The number of methoxy groups -OCH3 is 1. The molecule has 0 radical (unpaired) electrons. The van der Waals surface area contributed by atoms with E-state index in [9.17, 15) is 14.4 Å². The minimum atomic E-state index is -1.07. The van der Waals surface area contributed by atoms with Crippen LogP contribution in [0.3, 0.4) is 0 Å². The molecule has 0 aliphatic rings. The normalized spacial score (nSPS) is 11.3. The van der Waals surface area contributed by atoms with Gasteiger partial charge >= 0.3 is 18.0 Å². The highest BCUT2D eigenvalue weighted by Crippen LogP contribution is 2.03. The Morgan fingerprint density at radius 1 is 1.24 bits per heavy atom. The summed E-state index contributed by atoms with van der Waals surface area (Å²) in [6.45, 7) is 0.0551. The molecule has 2 N–H and O–H groups in total. The van der Waals surface area contributed by atoms with Gasteiger partial charge in [0.2, 0.25) is 0 Å². The first kappa shape index (κ1) is 16.5. The number of carbonyl (C=O) groups excluding carboxylic acids is 2. The molecule has 1 atom stereocenters. The summed E-state index contributed by atoms with van der Waals surface area (Å²) in [4.78, 5) is 33.6. The highest BCUT2D eigenvalue weighted by atomic mass is 16.6. The topological polar surface area (TPSA) is 102 Å². The van der Waals surface area contributed by atoms with E-state index in [2.05, 4.69) is 10.1 Å². The van der Waals surface area contributed by atoms with Gasteiger partial charge in [-0.15, -0.1) is 0 Å². The predicted octanol–water partition coefficient (Wildman–Crippen LogP) is 1.32. The van der Waals surface area contributed by atoms with E-state index in [1.165, 1.54) is 0 Å². The van der Waals surface area contributed by atoms with E-state index in [0.29, 0.717) is 0 Å². The minimum Gasteiger partial charge on any atom is -0.481 e. The second kappa shape index (κ2) is 8.57. The van der Waals surface area contributed by atoms with Gasteiger partial charge in [0.1, 0.15) is 12.6 Å². The fourth-order valence-electron chi connectivity index (χ4n) is 1.57. The van der Waals surface area contributed by atoms with Crippen molar-refractivity contribution in [3.8, 4) is 0 Å². The maximum Gasteiger partial charge on any atom is 0.408 e. The number of ether oxygens (including phenoxy) is 2. The van der Waals surface area contributed by atoms with Gasteiger partial charge in [-0.1, -0.05) is 30.3 Å². The summed E-state index contributed by atoms with van der Waals surface area (Å²) in [5, 5.41) is 10.9. The molecule has 0 heterocycles. The van der Waals surface area contributed by atoms with Gasteiger partial charge in [-0.05, 0) is 12.0 Å². The van der Waals surface area contributed by atoms with Crippen LogP contribution >= 0.6 is 0 Å². The van der Waals surface area contributed by atoms with Crippen molar-refractivity contribution < 1.29 is 29.0 Å². The van der Waals surface area contributed by atoms with E-state index in [1.807, 2.05) is 6.07 Å². The van der Waals surface area contributed by atoms with Gasteiger partial charge in [0.25, 0.3) is 0 Å². The molecule has 7 nitrogen and oxygen atoms in total. The summed E-state index contributed by atoms with van der Waals surface area (Å²) in [6.07, 6.45) is -1.14. The third-order valence-corrected chi connectivity index (χ3v) is 2.64. The molecular weight excluding hydrogens is 279 g/mol. The number of hydrogen-bond acceptors (Lipinski definition) is 5. The fraction of sp³-hybridized carbons (Fsp3) is 0.357. The smallest absolute Gasteiger partial charge is 0.408 e. The number of benzene rings is 1. The Morgan fingerprint density at radius 2 is 1.90 bits per heavy atom. The van der Waals surface area contributed by atoms with E-state index in [4.69, 9.17) is 9.84 Å². The maximum atomic E-state index is 11.6. The molecule has 7 heteroatoms. The molecule has 0 aliphatic carbocycles. The molecular formula is C14H17NO6. The van der Waals surface area contributed by atoms with E-state index < -0.39 is 24.1 Å². The van der Waals surface area contributed by atoms with Gasteiger partial charge in [0.15, 0.2) is 0 Å². The van der Waals surface area contributed by atoms with Crippen LogP contribution in [0.5, 0.6) is 0 Å². The largest absolute Gasteiger partial charge is 0.481 e. The lowest BCUT2D eigenvalue weighted by Crippen LogP contribution is -2.42. The van der Waals surface area contributed by atoms with Crippen LogP contribution in [0.2, 0.25) is 0 Å². The van der Waals surface area contributed by atoms with Crippen molar-refractivity contribution in [3.63, 3.8) is 0 Å². The van der Waals surface area contributed by atoms with Gasteiger partial charge in [-0.2, -0.15) is 0 Å². The molecule has 0 saturated heterocycles. The molecule has 1 aromatic rings. The molecule has 114 valence electrons. The van der Waals surface area contributed by atoms with Gasteiger partial charge in [-0.3, -0.25) is 4.79 Å². The lowest BCUT2D eigenvalue weighted by atomic mass is 10.2. The van der Waals surface area contributed by atoms with Crippen molar-refractivity contribution in [2.24, 2.45) is 0 Å². The van der Waals surface area contributed by atoms with Crippen LogP contribution in [0.4, 0.5) is 4.79 Å². The zero-order chi connectivity index (χ0) is 15.7. The number of rotatable bonds is 7. The lowest BCUT2D eigenvalue weighted by molar-refractivity contribution is -0.143. The molecule has 0 unspecified atom stereocenters. The summed E-state index contributed by atoms with van der Waals surface area (Å²) < 4.78 is 9.46. The Bertz CT molecular complexity index is 487. The van der Waals surface area contributed by atoms with Gasteiger partial charge in [0, 0.05) is 6.42 Å². The molecule has 0 aliphatic heterocycles. The second-order valence-electron chi connectivity index (χ2n) is 4.21. The summed E-state index contributed by atoms with van der Waals surface area (Å²) in [5.74, 6) is -1.78. The second-order valence-corrected chi connectivity index (χ2v) is 4.21. The van der Waals surface area contributed by atoms with Crippen LogP contribution in [-0.2, 0) is 25.7 Å². The zero-order valence-corrected chi connectivity index (χ0v) is 11.6. The Balaban J connectivity index is 2.47. The number of alkyl carbamates (subject to hydrolysis) is 1. The standard InChI is InChI=1S/C14H17NO6/c1-20-13(18)11(7-8-12(16)17)15-14(19)21-9-10-5-3-2-4-6-10/h2-6,11H,7-9H2,1H3,(H,15,19)(H,16,17)/t11-/m0/s1/i15+1. The van der Waals surface area contributed by atoms with Gasteiger partial charge < -0.3 is 19.9 Å². The Labute approximate surface area is 121 Å². The SMILES string of the molecule is COC(=O)[C@H](CCC(=O)O)[15NH]C(=O)OCc1ccccc1. The maximum absolute atomic E-state index is 11.6. The summed E-state index contributed by atoms with van der Waals surface area (Å²) >= 11 is 0. The van der Waals surface area contributed by atoms with E-state index in [0.717, 1.165) is 12.7 Å². The average molecular weight is 296 g/mol. The van der Waals surface area contributed by atoms with E-state index in [1.54, 1.807) is 24.3 Å². The first-order valence-corrected chi connectivity index (χ1v) is 6.29. The van der Waals surface area contributed by atoms with Crippen molar-refractivity contribution in [1.82, 2.24) is 5.32 Å². The average Bonchev–Trinajstić information content (AvgIpc) is 2.49. The van der Waals surface area contributed by atoms with Crippen molar-refractivity contribution >= 4 is 18.0 Å². The molecule has 1 rings (SSSR count). The molecule has 1 amide bonds. The van der Waals surface area contributed by atoms with E-state index in [-0.39, 0.29) is 19.4 Å². The quantitative estimate of drug-likeness (QED) is 0.581. The number of esters is 1. The molecule has 0 fully saturated rings. The lowest BCUT2D eigenvalue weighted by Gasteiger charge is -2.15. The Hall–Kier alpha value is -2.57. The number of carboxylic acids is 1. The Kier molecular flexibility index (Phi) is 6.73. The molecule has 0 aromatic heterocycles. The summed E-state index contributed by atoms with van der Waals surface area (Å²) in [6, 6.07) is 7.98. The highest BCUT2D eigenvalue weighted by molar-refractivity contribution is 5.81. The molecule has 1 aromatic carbocycles. The summed E-state index contributed by atoms with van der Waals surface area (Å²) in [7, 11) is 1.16. The van der Waals surface area contributed by atoms with Crippen molar-refractivity contribution in [3.05, 3.63) is 35.9 Å². The number of nitrogens with one attached hydrogen (secondary N) is 1. The van der Waals surface area contributed by atoms with Crippen LogP contribution in [0.25, 0.3) is 0 Å².